The summed E-state index contributed by atoms with van der Waals surface area (Å²) in [5.41, 5.74) is 1.43. The molecule has 0 spiro atoms. The summed E-state index contributed by atoms with van der Waals surface area (Å²) < 4.78 is 5.35. The van der Waals surface area contributed by atoms with Crippen molar-refractivity contribution in [2.45, 2.75) is 31.6 Å². The number of hydrogen-bond acceptors (Lipinski definition) is 6. The van der Waals surface area contributed by atoms with Crippen molar-refractivity contribution >= 4 is 17.2 Å². The number of carbonyl (C=O) groups is 1. The molecule has 0 aromatic carbocycles. The molecule has 1 saturated heterocycles. The lowest BCUT2D eigenvalue weighted by Gasteiger charge is -2.29. The second-order valence-corrected chi connectivity index (χ2v) is 5.97. The van der Waals surface area contributed by atoms with Gasteiger partial charge in [0.25, 0.3) is 0 Å². The molecule has 2 aromatic rings. The van der Waals surface area contributed by atoms with Crippen molar-refractivity contribution in [1.82, 2.24) is 20.4 Å². The summed E-state index contributed by atoms with van der Waals surface area (Å²) in [6, 6.07) is 0. The first kappa shape index (κ1) is 12.3. The number of nitrogens with one attached hydrogen (secondary N) is 1. The Morgan fingerprint density at radius 3 is 3.21 bits per heavy atom. The van der Waals surface area contributed by atoms with Gasteiger partial charge in [-0.2, -0.15) is 4.98 Å². The summed E-state index contributed by atoms with van der Waals surface area (Å²) in [5, 5.41) is 6.81. The number of aromatic nitrogens is 3. The minimum atomic E-state index is -0.346. The Bertz CT molecular complexity index is 580. The molecule has 0 radical (unpaired) electrons. The van der Waals surface area contributed by atoms with Crippen LogP contribution in [0.5, 0.6) is 0 Å². The van der Waals surface area contributed by atoms with E-state index in [2.05, 4.69) is 20.4 Å². The van der Waals surface area contributed by atoms with Gasteiger partial charge in [-0.15, -0.1) is 11.3 Å². The zero-order chi connectivity index (χ0) is 13.3. The zero-order valence-corrected chi connectivity index (χ0v) is 11.4. The molecule has 0 bridgehead atoms. The molecule has 1 atom stereocenters. The maximum atomic E-state index is 11.5. The highest BCUT2D eigenvalue weighted by Gasteiger charge is 2.37. The Hall–Kier alpha value is -1.76. The number of thiazole rings is 1. The monoisotopic (exact) mass is 278 g/mol. The maximum absolute atomic E-state index is 11.5. The smallest absolute Gasteiger partial charge is 0.233 e. The van der Waals surface area contributed by atoms with Crippen LogP contribution in [0.1, 0.15) is 36.4 Å². The van der Waals surface area contributed by atoms with Crippen LogP contribution in [0.2, 0.25) is 0 Å². The van der Waals surface area contributed by atoms with Crippen LogP contribution in [0.25, 0.3) is 0 Å². The van der Waals surface area contributed by atoms with Gasteiger partial charge in [0.2, 0.25) is 11.8 Å². The van der Waals surface area contributed by atoms with E-state index in [1.807, 2.05) is 6.92 Å². The molecule has 1 amide bonds. The molecule has 1 unspecified atom stereocenters. The average molecular weight is 278 g/mol. The number of piperidine rings is 1. The number of hydrogen-bond donors (Lipinski definition) is 1. The van der Waals surface area contributed by atoms with E-state index in [4.69, 9.17) is 4.52 Å². The SMILES string of the molecule is CC1(c2nc(Cc3cncs3)no2)CCNC(=O)C1. The minimum Gasteiger partial charge on any atom is -0.356 e. The summed E-state index contributed by atoms with van der Waals surface area (Å²) in [7, 11) is 0. The third-order valence-corrected chi connectivity index (χ3v) is 4.13. The Balaban J connectivity index is 1.78. The molecule has 6 nitrogen and oxygen atoms in total. The van der Waals surface area contributed by atoms with Gasteiger partial charge < -0.3 is 9.84 Å². The van der Waals surface area contributed by atoms with E-state index >= 15 is 0 Å². The van der Waals surface area contributed by atoms with E-state index in [0.717, 1.165) is 11.3 Å². The summed E-state index contributed by atoms with van der Waals surface area (Å²) in [4.78, 5) is 21.1. The van der Waals surface area contributed by atoms with Crippen LogP contribution >= 0.6 is 11.3 Å². The van der Waals surface area contributed by atoms with Gasteiger partial charge >= 0.3 is 0 Å². The van der Waals surface area contributed by atoms with Gasteiger partial charge in [-0.25, -0.2) is 0 Å². The lowest BCUT2D eigenvalue weighted by Crippen LogP contribution is -2.41. The van der Waals surface area contributed by atoms with Crippen molar-refractivity contribution in [2.75, 3.05) is 6.54 Å². The molecule has 19 heavy (non-hydrogen) atoms. The third-order valence-electron chi connectivity index (χ3n) is 3.35. The molecular formula is C12H14N4O2S. The van der Waals surface area contributed by atoms with Gasteiger partial charge in [0.15, 0.2) is 5.82 Å². The van der Waals surface area contributed by atoms with Crippen LogP contribution in [0.4, 0.5) is 0 Å². The average Bonchev–Trinajstić information content (AvgIpc) is 3.01. The standard InChI is InChI=1S/C12H14N4O2S/c1-12(2-3-14-10(17)5-12)11-15-9(16-18-11)4-8-6-13-7-19-8/h6-7H,2-5H2,1H3,(H,14,17). The lowest BCUT2D eigenvalue weighted by atomic mass is 9.80. The van der Waals surface area contributed by atoms with Crippen molar-refractivity contribution < 1.29 is 9.32 Å². The highest BCUT2D eigenvalue weighted by atomic mass is 32.1. The van der Waals surface area contributed by atoms with Crippen LogP contribution in [-0.2, 0) is 16.6 Å². The molecule has 1 N–H and O–H groups in total. The molecule has 3 rings (SSSR count). The normalized spacial score (nSPS) is 23.3. The number of rotatable bonds is 3. The molecule has 0 aliphatic carbocycles. The molecule has 7 heteroatoms. The fourth-order valence-corrected chi connectivity index (χ4v) is 2.81. The first-order valence-electron chi connectivity index (χ1n) is 6.13. The van der Waals surface area contributed by atoms with Crippen LogP contribution in [0.15, 0.2) is 16.2 Å². The van der Waals surface area contributed by atoms with Crippen LogP contribution < -0.4 is 5.32 Å². The highest BCUT2D eigenvalue weighted by molar-refractivity contribution is 7.09. The van der Waals surface area contributed by atoms with E-state index in [9.17, 15) is 4.79 Å². The second-order valence-electron chi connectivity index (χ2n) is 5.00. The maximum Gasteiger partial charge on any atom is 0.233 e. The molecule has 3 heterocycles. The molecule has 0 saturated carbocycles. The van der Waals surface area contributed by atoms with Gasteiger partial charge in [0.05, 0.1) is 10.9 Å². The van der Waals surface area contributed by atoms with Gasteiger partial charge in [-0.05, 0) is 6.42 Å². The lowest BCUT2D eigenvalue weighted by molar-refractivity contribution is -0.124. The summed E-state index contributed by atoms with van der Waals surface area (Å²) in [6.45, 7) is 2.65. The van der Waals surface area contributed by atoms with Crippen molar-refractivity contribution in [2.24, 2.45) is 0 Å². The molecule has 1 aliphatic rings. The first-order valence-corrected chi connectivity index (χ1v) is 7.01. The Morgan fingerprint density at radius 2 is 2.47 bits per heavy atom. The molecular weight excluding hydrogens is 264 g/mol. The number of nitrogens with zero attached hydrogens (tertiary/aromatic N) is 3. The van der Waals surface area contributed by atoms with Crippen molar-refractivity contribution in [3.05, 3.63) is 28.3 Å². The number of amides is 1. The Kier molecular flexibility index (Phi) is 3.06. The fraction of sp³-hybridized carbons (Fsp3) is 0.500. The van der Waals surface area contributed by atoms with Crippen LogP contribution in [-0.4, -0.2) is 27.6 Å². The van der Waals surface area contributed by atoms with Gasteiger partial charge in [-0.3, -0.25) is 9.78 Å². The van der Waals surface area contributed by atoms with Crippen molar-refractivity contribution in [3.63, 3.8) is 0 Å². The van der Waals surface area contributed by atoms with Crippen LogP contribution in [0.3, 0.4) is 0 Å². The van der Waals surface area contributed by atoms with E-state index in [0.29, 0.717) is 31.1 Å². The summed E-state index contributed by atoms with van der Waals surface area (Å²) >= 11 is 1.57. The molecule has 1 fully saturated rings. The minimum absolute atomic E-state index is 0.0379. The Labute approximate surface area is 114 Å². The topological polar surface area (TPSA) is 80.9 Å². The highest BCUT2D eigenvalue weighted by Crippen LogP contribution is 2.32. The number of carbonyl (C=O) groups excluding carboxylic acids is 1. The van der Waals surface area contributed by atoms with E-state index in [1.54, 1.807) is 23.0 Å². The fourth-order valence-electron chi connectivity index (χ4n) is 2.22. The van der Waals surface area contributed by atoms with E-state index in [1.165, 1.54) is 0 Å². The van der Waals surface area contributed by atoms with E-state index < -0.39 is 0 Å². The largest absolute Gasteiger partial charge is 0.356 e. The van der Waals surface area contributed by atoms with Crippen molar-refractivity contribution in [3.8, 4) is 0 Å². The quantitative estimate of drug-likeness (QED) is 0.914. The molecule has 1 aliphatic heterocycles. The third kappa shape index (κ3) is 2.51. The van der Waals surface area contributed by atoms with Gasteiger partial charge in [-0.1, -0.05) is 12.1 Å². The van der Waals surface area contributed by atoms with Crippen molar-refractivity contribution in [1.29, 1.82) is 0 Å². The van der Waals surface area contributed by atoms with Crippen LogP contribution in [0, 0.1) is 0 Å². The molecule has 100 valence electrons. The summed E-state index contributed by atoms with van der Waals surface area (Å²) in [6.07, 6.45) is 3.64. The summed E-state index contributed by atoms with van der Waals surface area (Å²) in [5.74, 6) is 1.24. The van der Waals surface area contributed by atoms with Gasteiger partial charge in [0, 0.05) is 30.5 Å². The molecule has 2 aromatic heterocycles. The zero-order valence-electron chi connectivity index (χ0n) is 10.5. The predicted molar refractivity (Wildman–Crippen MR) is 68.8 cm³/mol. The Morgan fingerprint density at radius 1 is 1.58 bits per heavy atom. The first-order chi connectivity index (χ1) is 9.16. The predicted octanol–water partition coefficient (Wildman–Crippen LogP) is 1.28. The second kappa shape index (κ2) is 4.73. The van der Waals surface area contributed by atoms with E-state index in [-0.39, 0.29) is 11.3 Å². The van der Waals surface area contributed by atoms with Gasteiger partial charge in [0.1, 0.15) is 0 Å².